The van der Waals surface area contributed by atoms with Gasteiger partial charge in [0.2, 0.25) is 0 Å². The average Bonchev–Trinajstić information content (AvgIpc) is 2.35. The lowest BCUT2D eigenvalue weighted by atomic mass is 10.2. The Kier molecular flexibility index (Phi) is 6.14. The van der Waals surface area contributed by atoms with Crippen molar-refractivity contribution in [3.63, 3.8) is 0 Å². The number of nitrogens with one attached hydrogen (secondary N) is 2. The molecule has 0 spiro atoms. The van der Waals surface area contributed by atoms with Gasteiger partial charge >= 0.3 is 0 Å². The third kappa shape index (κ3) is 5.14. The second kappa shape index (κ2) is 7.66. The second-order valence-corrected chi connectivity index (χ2v) is 4.21. The van der Waals surface area contributed by atoms with E-state index in [1.54, 1.807) is 19.2 Å². The lowest BCUT2D eigenvalue weighted by molar-refractivity contribution is 0.0951. The third-order valence-electron chi connectivity index (χ3n) is 2.46. The Morgan fingerprint density at radius 2 is 2.33 bits per heavy atom. The third-order valence-corrected chi connectivity index (χ3v) is 2.46. The normalized spacial score (nSPS) is 11.9. The number of anilines is 1. The number of rotatable bonds is 7. The van der Waals surface area contributed by atoms with Gasteiger partial charge in [0.25, 0.3) is 5.91 Å². The Morgan fingerprint density at radius 1 is 1.56 bits per heavy atom. The van der Waals surface area contributed by atoms with Crippen molar-refractivity contribution in [3.8, 4) is 0 Å². The van der Waals surface area contributed by atoms with Crippen molar-refractivity contribution < 1.29 is 9.90 Å². The van der Waals surface area contributed by atoms with Gasteiger partial charge in [0.1, 0.15) is 5.69 Å². The number of pyridine rings is 1. The highest BCUT2D eigenvalue weighted by Gasteiger charge is 2.06. The van der Waals surface area contributed by atoms with Gasteiger partial charge in [0.15, 0.2) is 0 Å². The Labute approximate surface area is 108 Å². The predicted octanol–water partition coefficient (Wildman–Crippen LogP) is 1.40. The first-order valence-electron chi connectivity index (χ1n) is 6.29. The topological polar surface area (TPSA) is 74.2 Å². The fourth-order valence-electron chi connectivity index (χ4n) is 1.55. The van der Waals surface area contributed by atoms with Crippen molar-refractivity contribution in [2.45, 2.75) is 32.8 Å². The summed E-state index contributed by atoms with van der Waals surface area (Å²) in [6.45, 7) is 5.01. The number of aromatic nitrogens is 1. The Bertz CT molecular complexity index is 380. The van der Waals surface area contributed by atoms with Crippen LogP contribution in [0.5, 0.6) is 0 Å². The lowest BCUT2D eigenvalue weighted by Gasteiger charge is -2.08. The zero-order chi connectivity index (χ0) is 13.4. The Balaban J connectivity index is 2.46. The molecule has 1 rings (SSSR count). The summed E-state index contributed by atoms with van der Waals surface area (Å²) in [5.41, 5.74) is 1.29. The van der Waals surface area contributed by atoms with Crippen molar-refractivity contribution >= 4 is 11.6 Å². The van der Waals surface area contributed by atoms with Gasteiger partial charge in [0.05, 0.1) is 6.10 Å². The molecule has 0 aromatic carbocycles. The molecule has 0 radical (unpaired) electrons. The second-order valence-electron chi connectivity index (χ2n) is 4.21. The molecule has 1 amide bonds. The number of hydrogen-bond acceptors (Lipinski definition) is 4. The summed E-state index contributed by atoms with van der Waals surface area (Å²) in [7, 11) is 0. The highest BCUT2D eigenvalue weighted by Crippen LogP contribution is 2.08. The number of carbonyl (C=O) groups excluding carboxylic acids is 1. The van der Waals surface area contributed by atoms with Gasteiger partial charge < -0.3 is 15.7 Å². The molecule has 0 bridgehead atoms. The number of amides is 1. The SMILES string of the molecule is CCNC(=O)c1cc(NCCCC(C)O)ccn1. The molecule has 5 nitrogen and oxygen atoms in total. The van der Waals surface area contributed by atoms with Crippen LogP contribution in [0.1, 0.15) is 37.2 Å². The molecule has 100 valence electrons. The van der Waals surface area contributed by atoms with Crippen LogP contribution in [0.25, 0.3) is 0 Å². The minimum Gasteiger partial charge on any atom is -0.393 e. The highest BCUT2D eigenvalue weighted by molar-refractivity contribution is 5.93. The molecule has 0 saturated heterocycles. The quantitative estimate of drug-likeness (QED) is 0.640. The molecule has 5 heteroatoms. The number of aliphatic hydroxyl groups excluding tert-OH is 1. The number of aliphatic hydroxyl groups is 1. The molecule has 1 aromatic rings. The van der Waals surface area contributed by atoms with E-state index in [4.69, 9.17) is 5.11 Å². The maximum Gasteiger partial charge on any atom is 0.269 e. The van der Waals surface area contributed by atoms with Gasteiger partial charge in [-0.05, 0) is 38.8 Å². The van der Waals surface area contributed by atoms with Crippen LogP contribution in [0, 0.1) is 0 Å². The van der Waals surface area contributed by atoms with Gasteiger partial charge in [-0.15, -0.1) is 0 Å². The highest BCUT2D eigenvalue weighted by atomic mass is 16.3. The van der Waals surface area contributed by atoms with E-state index in [0.29, 0.717) is 12.2 Å². The zero-order valence-electron chi connectivity index (χ0n) is 10.9. The predicted molar refractivity (Wildman–Crippen MR) is 71.6 cm³/mol. The van der Waals surface area contributed by atoms with Crippen molar-refractivity contribution in [1.82, 2.24) is 10.3 Å². The first-order valence-corrected chi connectivity index (χ1v) is 6.29. The van der Waals surface area contributed by atoms with Crippen molar-refractivity contribution in [3.05, 3.63) is 24.0 Å². The van der Waals surface area contributed by atoms with E-state index in [1.807, 2.05) is 13.0 Å². The molecule has 1 unspecified atom stereocenters. The first-order chi connectivity index (χ1) is 8.63. The molecule has 0 aliphatic carbocycles. The van der Waals surface area contributed by atoms with Crippen LogP contribution >= 0.6 is 0 Å². The molecule has 0 aliphatic rings. The van der Waals surface area contributed by atoms with E-state index in [9.17, 15) is 4.79 Å². The zero-order valence-corrected chi connectivity index (χ0v) is 10.9. The Morgan fingerprint density at radius 3 is 3.00 bits per heavy atom. The monoisotopic (exact) mass is 251 g/mol. The summed E-state index contributed by atoms with van der Waals surface area (Å²) in [5, 5.41) is 15.1. The van der Waals surface area contributed by atoms with Gasteiger partial charge in [-0.1, -0.05) is 0 Å². The number of nitrogens with zero attached hydrogens (tertiary/aromatic N) is 1. The van der Waals surface area contributed by atoms with Crippen LogP contribution in [0.3, 0.4) is 0 Å². The first kappa shape index (κ1) is 14.4. The maximum absolute atomic E-state index is 11.6. The van der Waals surface area contributed by atoms with E-state index in [1.165, 1.54) is 0 Å². The summed E-state index contributed by atoms with van der Waals surface area (Å²) in [6, 6.07) is 3.55. The largest absolute Gasteiger partial charge is 0.393 e. The summed E-state index contributed by atoms with van der Waals surface area (Å²) >= 11 is 0. The molecule has 1 heterocycles. The van der Waals surface area contributed by atoms with Crippen LogP contribution in [0.2, 0.25) is 0 Å². The van der Waals surface area contributed by atoms with Gasteiger partial charge in [-0.3, -0.25) is 9.78 Å². The number of carbonyl (C=O) groups is 1. The molecule has 3 N–H and O–H groups in total. The van der Waals surface area contributed by atoms with Crippen LogP contribution in [-0.4, -0.2) is 35.2 Å². The molecule has 0 saturated carbocycles. The van der Waals surface area contributed by atoms with Gasteiger partial charge in [-0.2, -0.15) is 0 Å². The van der Waals surface area contributed by atoms with Gasteiger partial charge in [0, 0.05) is 25.0 Å². The van der Waals surface area contributed by atoms with Crippen molar-refractivity contribution in [2.75, 3.05) is 18.4 Å². The minimum absolute atomic E-state index is 0.162. The van der Waals surface area contributed by atoms with Crippen molar-refractivity contribution in [2.24, 2.45) is 0 Å². The molecular weight excluding hydrogens is 230 g/mol. The van der Waals surface area contributed by atoms with E-state index in [-0.39, 0.29) is 12.0 Å². The fourth-order valence-corrected chi connectivity index (χ4v) is 1.55. The van der Waals surface area contributed by atoms with Crippen LogP contribution in [-0.2, 0) is 0 Å². The van der Waals surface area contributed by atoms with E-state index < -0.39 is 0 Å². The fraction of sp³-hybridized carbons (Fsp3) is 0.538. The lowest BCUT2D eigenvalue weighted by Crippen LogP contribution is -2.23. The van der Waals surface area contributed by atoms with Crippen LogP contribution < -0.4 is 10.6 Å². The minimum atomic E-state index is -0.268. The summed E-state index contributed by atoms with van der Waals surface area (Å²) < 4.78 is 0. The smallest absolute Gasteiger partial charge is 0.269 e. The van der Waals surface area contributed by atoms with E-state index in [2.05, 4.69) is 15.6 Å². The van der Waals surface area contributed by atoms with Gasteiger partial charge in [-0.25, -0.2) is 0 Å². The van der Waals surface area contributed by atoms with Crippen LogP contribution in [0.15, 0.2) is 18.3 Å². The number of hydrogen-bond donors (Lipinski definition) is 3. The average molecular weight is 251 g/mol. The summed E-state index contributed by atoms with van der Waals surface area (Å²) in [4.78, 5) is 15.6. The molecule has 18 heavy (non-hydrogen) atoms. The van der Waals surface area contributed by atoms with E-state index >= 15 is 0 Å². The van der Waals surface area contributed by atoms with E-state index in [0.717, 1.165) is 25.1 Å². The Hall–Kier alpha value is -1.62. The molecular formula is C13H21N3O2. The molecule has 1 aromatic heterocycles. The maximum atomic E-state index is 11.6. The summed E-state index contributed by atoms with van der Waals surface area (Å²) in [5.74, 6) is -0.162. The standard InChI is InChI=1S/C13H21N3O2/c1-3-14-13(18)12-9-11(6-8-16-12)15-7-4-5-10(2)17/h6,8-10,17H,3-5,7H2,1-2H3,(H,14,18)(H,15,16). The van der Waals surface area contributed by atoms with Crippen molar-refractivity contribution in [1.29, 1.82) is 0 Å². The van der Waals surface area contributed by atoms with Crippen LogP contribution in [0.4, 0.5) is 5.69 Å². The molecule has 0 fully saturated rings. The molecule has 0 aliphatic heterocycles. The summed E-state index contributed by atoms with van der Waals surface area (Å²) in [6.07, 6.45) is 2.99. The molecule has 1 atom stereocenters.